The minimum atomic E-state index is -2.12. The van der Waals surface area contributed by atoms with Crippen LogP contribution in [0.2, 0.25) is 0 Å². The van der Waals surface area contributed by atoms with Gasteiger partial charge in [-0.3, -0.25) is 4.31 Å². The summed E-state index contributed by atoms with van der Waals surface area (Å²) in [5.41, 5.74) is 0. The van der Waals surface area contributed by atoms with Gasteiger partial charge >= 0.3 is 0 Å². The van der Waals surface area contributed by atoms with Gasteiger partial charge in [0.1, 0.15) is 0 Å². The van der Waals surface area contributed by atoms with Gasteiger partial charge in [-0.15, -0.1) is 0 Å². The molecule has 4 heteroatoms. The zero-order chi connectivity index (χ0) is 7.65. The molecule has 1 atom stereocenters. The SMILES string of the molecule is C=C(Br)N(C)S(=C)(C)=O. The first-order chi connectivity index (χ1) is 3.85. The molecular weight excluding hydrogens is 202 g/mol. The van der Waals surface area contributed by atoms with E-state index in [-0.39, 0.29) is 0 Å². The fourth-order valence-electron chi connectivity index (χ4n) is 0.210. The molecule has 0 rings (SSSR count). The van der Waals surface area contributed by atoms with Gasteiger partial charge in [0.2, 0.25) is 0 Å². The van der Waals surface area contributed by atoms with Crippen LogP contribution in [-0.2, 0) is 9.71 Å². The Morgan fingerprint density at radius 1 is 1.78 bits per heavy atom. The number of hydrogen-bond acceptors (Lipinski definition) is 1. The van der Waals surface area contributed by atoms with E-state index >= 15 is 0 Å². The lowest BCUT2D eigenvalue weighted by Crippen LogP contribution is -2.21. The molecule has 0 aliphatic carbocycles. The van der Waals surface area contributed by atoms with Crippen LogP contribution in [0.25, 0.3) is 0 Å². The molecule has 54 valence electrons. The molecule has 0 fully saturated rings. The summed E-state index contributed by atoms with van der Waals surface area (Å²) in [6.07, 6.45) is 1.56. The Morgan fingerprint density at radius 2 is 2.11 bits per heavy atom. The van der Waals surface area contributed by atoms with Crippen molar-refractivity contribution in [1.82, 2.24) is 4.31 Å². The molecule has 0 amide bonds. The Morgan fingerprint density at radius 3 is 2.11 bits per heavy atom. The van der Waals surface area contributed by atoms with Crippen molar-refractivity contribution in [3.05, 3.63) is 11.2 Å². The van der Waals surface area contributed by atoms with Crippen LogP contribution < -0.4 is 0 Å². The summed E-state index contributed by atoms with van der Waals surface area (Å²) in [5, 5.41) is 0. The third kappa shape index (κ3) is 2.91. The highest BCUT2D eigenvalue weighted by Gasteiger charge is 2.02. The van der Waals surface area contributed by atoms with E-state index < -0.39 is 9.71 Å². The number of nitrogens with zero attached hydrogens (tertiary/aromatic N) is 1. The van der Waals surface area contributed by atoms with Crippen LogP contribution >= 0.6 is 15.9 Å². The highest BCUT2D eigenvalue weighted by Crippen LogP contribution is 2.09. The Balaban J connectivity index is 4.43. The van der Waals surface area contributed by atoms with Gasteiger partial charge in [0, 0.05) is 23.0 Å². The predicted octanol–water partition coefficient (Wildman–Crippen LogP) is 1.05. The molecule has 0 aliphatic heterocycles. The lowest BCUT2D eigenvalue weighted by molar-refractivity contribution is 0.628. The molecule has 0 aromatic carbocycles. The largest absolute Gasteiger partial charge is 0.297 e. The van der Waals surface area contributed by atoms with Crippen molar-refractivity contribution in [1.29, 1.82) is 0 Å². The second kappa shape index (κ2) is 2.75. The second-order valence-corrected chi connectivity index (χ2v) is 5.22. The zero-order valence-corrected chi connectivity index (χ0v) is 7.96. The molecule has 0 saturated carbocycles. The number of rotatable bonds is 2. The van der Waals surface area contributed by atoms with Crippen LogP contribution in [0.1, 0.15) is 0 Å². The van der Waals surface area contributed by atoms with Crippen LogP contribution in [0.5, 0.6) is 0 Å². The van der Waals surface area contributed by atoms with E-state index in [1.54, 1.807) is 13.3 Å². The van der Waals surface area contributed by atoms with E-state index in [1.165, 1.54) is 4.31 Å². The first-order valence-corrected chi connectivity index (χ1v) is 5.14. The maximum atomic E-state index is 11.1. The van der Waals surface area contributed by atoms with Crippen molar-refractivity contribution in [2.45, 2.75) is 0 Å². The molecule has 0 radical (unpaired) electrons. The van der Waals surface area contributed by atoms with E-state index in [9.17, 15) is 4.21 Å². The maximum Gasteiger partial charge on any atom is 0.0843 e. The third-order valence-electron chi connectivity index (χ3n) is 0.921. The van der Waals surface area contributed by atoms with Gasteiger partial charge in [-0.2, -0.15) is 0 Å². The molecule has 0 spiro atoms. The second-order valence-electron chi connectivity index (χ2n) is 1.83. The van der Waals surface area contributed by atoms with Crippen molar-refractivity contribution in [2.75, 3.05) is 13.3 Å². The standard InChI is InChI=1S/C5H10BrNOS/c1-5(6)7(2)9(3,4)8/h1,3H2,2,4H3. The van der Waals surface area contributed by atoms with E-state index in [0.717, 1.165) is 0 Å². The molecule has 0 aliphatic rings. The van der Waals surface area contributed by atoms with E-state index in [4.69, 9.17) is 0 Å². The summed E-state index contributed by atoms with van der Waals surface area (Å²) in [6.45, 7) is 3.54. The number of halogens is 1. The van der Waals surface area contributed by atoms with Crippen molar-refractivity contribution >= 4 is 31.5 Å². The van der Waals surface area contributed by atoms with Gasteiger partial charge in [0.25, 0.3) is 0 Å². The van der Waals surface area contributed by atoms with Gasteiger partial charge in [-0.05, 0) is 21.8 Å². The summed E-state index contributed by atoms with van der Waals surface area (Å²) >= 11 is 3.09. The average molecular weight is 212 g/mol. The predicted molar refractivity (Wildman–Crippen MR) is 47.0 cm³/mol. The summed E-state index contributed by atoms with van der Waals surface area (Å²) in [5.74, 6) is 3.45. The first kappa shape index (κ1) is 9.04. The molecule has 9 heavy (non-hydrogen) atoms. The Hall–Kier alpha value is 0.0400. The molecule has 0 bridgehead atoms. The van der Waals surface area contributed by atoms with E-state index in [0.29, 0.717) is 4.61 Å². The minimum Gasteiger partial charge on any atom is -0.297 e. The summed E-state index contributed by atoms with van der Waals surface area (Å²) < 4.78 is 13.1. The van der Waals surface area contributed by atoms with Crippen LogP contribution in [0, 0.1) is 0 Å². The molecular formula is C5H10BrNOS. The van der Waals surface area contributed by atoms with Gasteiger partial charge < -0.3 is 0 Å². The van der Waals surface area contributed by atoms with E-state index in [2.05, 4.69) is 28.4 Å². The minimum absolute atomic E-state index is 0.588. The normalized spacial score (nSPS) is 16.3. The Labute approximate surface area is 64.8 Å². The van der Waals surface area contributed by atoms with Crippen molar-refractivity contribution in [3.63, 3.8) is 0 Å². The first-order valence-electron chi connectivity index (χ1n) is 2.26. The molecule has 0 saturated heterocycles. The lowest BCUT2D eigenvalue weighted by atomic mass is 11.0. The average Bonchev–Trinajstić information content (AvgIpc) is 1.62. The summed E-state index contributed by atoms with van der Waals surface area (Å²) in [4.78, 5) is 0. The van der Waals surface area contributed by atoms with Gasteiger partial charge in [0.05, 0.1) is 4.61 Å². The topological polar surface area (TPSA) is 20.3 Å². The quantitative estimate of drug-likeness (QED) is 0.494. The highest BCUT2D eigenvalue weighted by molar-refractivity contribution is 9.11. The summed E-state index contributed by atoms with van der Waals surface area (Å²) in [7, 11) is -0.442. The van der Waals surface area contributed by atoms with Crippen LogP contribution in [0.3, 0.4) is 0 Å². The van der Waals surface area contributed by atoms with E-state index in [1.807, 2.05) is 0 Å². The van der Waals surface area contributed by atoms with Gasteiger partial charge in [0.15, 0.2) is 0 Å². The molecule has 2 nitrogen and oxygen atoms in total. The van der Waals surface area contributed by atoms with Crippen LogP contribution in [0.15, 0.2) is 11.2 Å². The Kier molecular flexibility index (Phi) is 2.76. The zero-order valence-electron chi connectivity index (χ0n) is 5.56. The Bertz CT molecular complexity index is 207. The fourth-order valence-corrected chi connectivity index (χ4v) is 1.55. The van der Waals surface area contributed by atoms with Gasteiger partial charge in [-0.25, -0.2) is 4.21 Å². The molecule has 0 aromatic heterocycles. The van der Waals surface area contributed by atoms with Crippen LogP contribution in [-0.4, -0.2) is 27.7 Å². The smallest absolute Gasteiger partial charge is 0.0843 e. The molecule has 1 unspecified atom stereocenters. The van der Waals surface area contributed by atoms with Crippen molar-refractivity contribution < 1.29 is 4.21 Å². The molecule has 0 heterocycles. The maximum absolute atomic E-state index is 11.1. The lowest BCUT2D eigenvalue weighted by Gasteiger charge is -2.18. The molecule has 0 aromatic rings. The highest BCUT2D eigenvalue weighted by atomic mass is 79.9. The monoisotopic (exact) mass is 211 g/mol. The van der Waals surface area contributed by atoms with Crippen molar-refractivity contribution in [2.24, 2.45) is 0 Å². The fraction of sp³-hybridized carbons (Fsp3) is 0.400. The van der Waals surface area contributed by atoms with Crippen molar-refractivity contribution in [3.8, 4) is 0 Å². The molecule has 0 N–H and O–H groups in total. The third-order valence-corrected chi connectivity index (χ3v) is 3.07. The van der Waals surface area contributed by atoms with Crippen LogP contribution in [0.4, 0.5) is 0 Å². The summed E-state index contributed by atoms with van der Waals surface area (Å²) in [6, 6.07) is 0. The number of hydrogen-bond donors (Lipinski definition) is 0. The van der Waals surface area contributed by atoms with Gasteiger partial charge in [-0.1, -0.05) is 6.58 Å².